The third-order valence-electron chi connectivity index (χ3n) is 4.18. The molecule has 0 saturated carbocycles. The first-order valence-electron chi connectivity index (χ1n) is 8.93. The molecule has 0 unspecified atom stereocenters. The van der Waals surface area contributed by atoms with Gasteiger partial charge < -0.3 is 19.3 Å². The van der Waals surface area contributed by atoms with Crippen molar-refractivity contribution in [1.29, 1.82) is 0 Å². The number of rotatable bonds is 8. The Morgan fingerprint density at radius 1 is 1.21 bits per heavy atom. The summed E-state index contributed by atoms with van der Waals surface area (Å²) in [6, 6.07) is 7.00. The third-order valence-corrected chi connectivity index (χ3v) is 4.92. The molecule has 2 rings (SSSR count). The largest absolute Gasteiger partial charge is 0.508 e. The molecule has 0 saturated heterocycles. The Balaban J connectivity index is 2.33. The number of benzene rings is 2. The summed E-state index contributed by atoms with van der Waals surface area (Å²) in [5.41, 5.74) is 2.47. The van der Waals surface area contributed by atoms with Gasteiger partial charge in [-0.05, 0) is 35.6 Å². The van der Waals surface area contributed by atoms with E-state index in [0.717, 1.165) is 11.1 Å². The lowest BCUT2D eigenvalue weighted by Crippen LogP contribution is -2.15. The van der Waals surface area contributed by atoms with Crippen LogP contribution in [0, 0.1) is 0 Å². The number of ether oxygens (including phenoxy) is 3. The van der Waals surface area contributed by atoms with Crippen LogP contribution in [0.1, 0.15) is 43.4 Å². The summed E-state index contributed by atoms with van der Waals surface area (Å²) in [6.45, 7) is 5.74. The lowest BCUT2D eigenvalue weighted by atomic mass is 9.96. The van der Waals surface area contributed by atoms with Gasteiger partial charge >= 0.3 is 5.97 Å². The van der Waals surface area contributed by atoms with Gasteiger partial charge in [-0.15, -0.1) is 0 Å². The van der Waals surface area contributed by atoms with Crippen LogP contribution in [0.2, 0.25) is 10.0 Å². The molecule has 1 N–H and O–H groups in total. The second-order valence-electron chi connectivity index (χ2n) is 6.50. The fourth-order valence-corrected chi connectivity index (χ4v) is 3.44. The number of phenolic OH excluding ortho intramolecular Hbond substituents is 1. The molecule has 152 valence electrons. The van der Waals surface area contributed by atoms with Crippen molar-refractivity contribution < 1.29 is 24.1 Å². The Morgan fingerprint density at radius 3 is 2.54 bits per heavy atom. The monoisotopic (exact) mass is 426 g/mol. The van der Waals surface area contributed by atoms with Crippen molar-refractivity contribution >= 4 is 29.2 Å². The molecule has 0 aliphatic carbocycles. The Kier molecular flexibility index (Phi) is 7.84. The van der Waals surface area contributed by atoms with Crippen LogP contribution in [0.5, 0.6) is 17.2 Å². The summed E-state index contributed by atoms with van der Waals surface area (Å²) < 4.78 is 15.7. The van der Waals surface area contributed by atoms with E-state index in [4.69, 9.17) is 37.4 Å². The molecule has 0 fully saturated rings. The Hall–Kier alpha value is -2.11. The maximum absolute atomic E-state index is 11.5. The SMILES string of the molecule is CCOC(=O)COc1cc(Cl)c(Cc2ccc(O)c(C(C)C)c2)c(Cl)c1OC. The van der Waals surface area contributed by atoms with Gasteiger partial charge in [0.1, 0.15) is 5.75 Å². The van der Waals surface area contributed by atoms with Crippen molar-refractivity contribution in [2.24, 2.45) is 0 Å². The quantitative estimate of drug-likeness (QED) is 0.575. The molecule has 0 amide bonds. The molecular formula is C21H24Cl2O5. The number of aromatic hydroxyl groups is 1. The van der Waals surface area contributed by atoms with Crippen LogP contribution in [0.25, 0.3) is 0 Å². The van der Waals surface area contributed by atoms with Crippen LogP contribution in [-0.4, -0.2) is 31.4 Å². The topological polar surface area (TPSA) is 65.0 Å². The number of phenols is 1. The van der Waals surface area contributed by atoms with Gasteiger partial charge in [0.05, 0.1) is 18.7 Å². The summed E-state index contributed by atoms with van der Waals surface area (Å²) >= 11 is 13.0. The average molecular weight is 427 g/mol. The Morgan fingerprint density at radius 2 is 1.93 bits per heavy atom. The van der Waals surface area contributed by atoms with Crippen LogP contribution in [0.4, 0.5) is 0 Å². The van der Waals surface area contributed by atoms with Crippen LogP contribution >= 0.6 is 23.2 Å². The van der Waals surface area contributed by atoms with Gasteiger partial charge in [-0.2, -0.15) is 0 Å². The minimum atomic E-state index is -0.494. The zero-order chi connectivity index (χ0) is 20.8. The van der Waals surface area contributed by atoms with Gasteiger partial charge in [-0.25, -0.2) is 4.79 Å². The second kappa shape index (κ2) is 9.89. The molecule has 28 heavy (non-hydrogen) atoms. The highest BCUT2D eigenvalue weighted by atomic mass is 35.5. The van der Waals surface area contributed by atoms with Gasteiger partial charge in [0.25, 0.3) is 0 Å². The molecule has 5 nitrogen and oxygen atoms in total. The highest BCUT2D eigenvalue weighted by Crippen LogP contribution is 2.42. The molecule has 0 aliphatic rings. The van der Waals surface area contributed by atoms with Gasteiger partial charge in [-0.3, -0.25) is 0 Å². The Labute approximate surface area is 175 Å². The van der Waals surface area contributed by atoms with Gasteiger partial charge in [-0.1, -0.05) is 49.2 Å². The maximum atomic E-state index is 11.5. The lowest BCUT2D eigenvalue weighted by Gasteiger charge is -2.17. The van der Waals surface area contributed by atoms with E-state index in [1.807, 2.05) is 26.0 Å². The van der Waals surface area contributed by atoms with Crippen molar-refractivity contribution in [1.82, 2.24) is 0 Å². The van der Waals surface area contributed by atoms with Gasteiger partial charge in [0.2, 0.25) is 0 Å². The van der Waals surface area contributed by atoms with Crippen LogP contribution in [0.15, 0.2) is 24.3 Å². The number of halogens is 2. The molecule has 0 heterocycles. The Bertz CT molecular complexity index is 849. The van der Waals surface area contributed by atoms with E-state index in [-0.39, 0.29) is 30.6 Å². The van der Waals surface area contributed by atoms with Crippen molar-refractivity contribution in [2.75, 3.05) is 20.3 Å². The third kappa shape index (κ3) is 5.24. The fraction of sp³-hybridized carbons (Fsp3) is 0.381. The van der Waals surface area contributed by atoms with Crippen molar-refractivity contribution in [3.8, 4) is 17.2 Å². The summed E-state index contributed by atoms with van der Waals surface area (Å²) in [6.07, 6.45) is 0.451. The molecular weight excluding hydrogens is 403 g/mol. The molecule has 2 aromatic carbocycles. The first-order valence-corrected chi connectivity index (χ1v) is 9.69. The number of carbonyl (C=O) groups is 1. The molecule has 0 aromatic heterocycles. The van der Waals surface area contributed by atoms with Crippen LogP contribution in [-0.2, 0) is 16.0 Å². The summed E-state index contributed by atoms with van der Waals surface area (Å²) in [4.78, 5) is 11.5. The standard InChI is InChI=1S/C21H24Cl2O5/c1-5-27-19(25)11-28-18-10-16(22)15(20(23)21(18)26-4)9-13-6-7-17(24)14(8-13)12(2)3/h6-8,10,12,24H,5,9,11H2,1-4H3. The predicted octanol–water partition coefficient (Wildman–Crippen LogP) is 5.36. The zero-order valence-electron chi connectivity index (χ0n) is 16.3. The number of hydrogen-bond donors (Lipinski definition) is 1. The van der Waals surface area contributed by atoms with Crippen LogP contribution in [0.3, 0.4) is 0 Å². The second-order valence-corrected chi connectivity index (χ2v) is 7.29. The highest BCUT2D eigenvalue weighted by Gasteiger charge is 2.20. The van der Waals surface area contributed by atoms with E-state index in [2.05, 4.69) is 0 Å². The maximum Gasteiger partial charge on any atom is 0.344 e. The van der Waals surface area contributed by atoms with Crippen molar-refractivity contribution in [2.45, 2.75) is 33.1 Å². The normalized spacial score (nSPS) is 10.8. The smallest absolute Gasteiger partial charge is 0.344 e. The first-order chi connectivity index (χ1) is 13.3. The number of methoxy groups -OCH3 is 1. The minimum absolute atomic E-state index is 0.180. The first kappa shape index (κ1) is 22.2. The average Bonchev–Trinajstić information content (AvgIpc) is 2.64. The minimum Gasteiger partial charge on any atom is -0.508 e. The number of esters is 1. The van der Waals surface area contributed by atoms with Gasteiger partial charge in [0, 0.05) is 17.5 Å². The van der Waals surface area contributed by atoms with Gasteiger partial charge in [0.15, 0.2) is 18.1 Å². The summed E-state index contributed by atoms with van der Waals surface area (Å²) in [5.74, 6) is 0.512. The highest BCUT2D eigenvalue weighted by molar-refractivity contribution is 6.37. The van der Waals surface area contributed by atoms with Crippen molar-refractivity contribution in [3.63, 3.8) is 0 Å². The van der Waals surface area contributed by atoms with Crippen molar-refractivity contribution in [3.05, 3.63) is 51.0 Å². The molecule has 0 bridgehead atoms. The summed E-state index contributed by atoms with van der Waals surface area (Å²) in [5, 5.41) is 10.7. The molecule has 2 aromatic rings. The predicted molar refractivity (Wildman–Crippen MR) is 110 cm³/mol. The fourth-order valence-electron chi connectivity index (χ4n) is 2.80. The molecule has 0 aliphatic heterocycles. The number of carbonyl (C=O) groups excluding carboxylic acids is 1. The zero-order valence-corrected chi connectivity index (χ0v) is 17.9. The molecule has 0 atom stereocenters. The lowest BCUT2D eigenvalue weighted by molar-refractivity contribution is -0.145. The number of hydrogen-bond acceptors (Lipinski definition) is 5. The molecule has 0 spiro atoms. The molecule has 0 radical (unpaired) electrons. The molecule has 7 heteroatoms. The van der Waals surface area contributed by atoms with E-state index in [1.165, 1.54) is 7.11 Å². The van der Waals surface area contributed by atoms with E-state index in [0.29, 0.717) is 27.8 Å². The van der Waals surface area contributed by atoms with E-state index in [9.17, 15) is 9.90 Å². The van der Waals surface area contributed by atoms with E-state index >= 15 is 0 Å². The van der Waals surface area contributed by atoms with E-state index in [1.54, 1.807) is 19.1 Å². The van der Waals surface area contributed by atoms with E-state index < -0.39 is 5.97 Å². The van der Waals surface area contributed by atoms with Crippen LogP contribution < -0.4 is 9.47 Å². The summed E-state index contributed by atoms with van der Waals surface area (Å²) in [7, 11) is 1.47.